The number of nitrogens with one attached hydrogen (secondary N) is 1. The first-order valence-electron chi connectivity index (χ1n) is 7.26. The summed E-state index contributed by atoms with van der Waals surface area (Å²) in [7, 11) is 0. The molecule has 0 atom stereocenters. The zero-order chi connectivity index (χ0) is 18.8. The van der Waals surface area contributed by atoms with Gasteiger partial charge in [0.1, 0.15) is 11.5 Å². The Hall–Kier alpha value is -3.96. The van der Waals surface area contributed by atoms with E-state index in [2.05, 4.69) is 35.8 Å². The first-order chi connectivity index (χ1) is 12.4. The molecule has 0 aliphatic carbocycles. The van der Waals surface area contributed by atoms with Gasteiger partial charge in [-0.05, 0) is 36.3 Å². The first kappa shape index (κ1) is 16.9. The second kappa shape index (κ2) is 6.51. The summed E-state index contributed by atoms with van der Waals surface area (Å²) in [4.78, 5) is 12.3. The molecule has 12 nitrogen and oxygen atoms in total. The summed E-state index contributed by atoms with van der Waals surface area (Å²) in [5, 5.41) is 37.6. The van der Waals surface area contributed by atoms with Crippen molar-refractivity contribution in [3.8, 4) is 17.3 Å². The summed E-state index contributed by atoms with van der Waals surface area (Å²) < 4.78 is 5.71. The van der Waals surface area contributed by atoms with E-state index in [0.717, 1.165) is 0 Å². The summed E-state index contributed by atoms with van der Waals surface area (Å²) in [6.45, 7) is 3.17. The molecule has 134 valence electrons. The van der Waals surface area contributed by atoms with E-state index in [9.17, 15) is 15.0 Å². The molecule has 1 aromatic carbocycles. The molecule has 0 unspecified atom stereocenters. The van der Waals surface area contributed by atoms with Crippen LogP contribution in [-0.4, -0.2) is 47.1 Å². The zero-order valence-electron chi connectivity index (χ0n) is 13.7. The molecule has 0 bridgehead atoms. The van der Waals surface area contributed by atoms with Gasteiger partial charge in [-0.3, -0.25) is 4.79 Å². The van der Waals surface area contributed by atoms with E-state index < -0.39 is 5.91 Å². The van der Waals surface area contributed by atoms with Crippen LogP contribution in [0.25, 0.3) is 5.82 Å². The minimum atomic E-state index is -0.624. The molecule has 5 N–H and O–H groups in total. The van der Waals surface area contributed by atoms with E-state index in [1.54, 1.807) is 13.8 Å². The minimum absolute atomic E-state index is 0.00104. The fraction of sp³-hybridized carbons (Fsp3) is 0.143. The third-order valence-corrected chi connectivity index (χ3v) is 3.50. The van der Waals surface area contributed by atoms with Crippen molar-refractivity contribution in [3.63, 3.8) is 0 Å². The molecule has 3 aromatic rings. The van der Waals surface area contributed by atoms with Gasteiger partial charge < -0.3 is 15.9 Å². The van der Waals surface area contributed by atoms with Gasteiger partial charge in [0.05, 0.1) is 11.4 Å². The van der Waals surface area contributed by atoms with Gasteiger partial charge in [-0.25, -0.2) is 10.1 Å². The fourth-order valence-electron chi connectivity index (χ4n) is 2.15. The number of nitrogens with two attached hydrogens (primary N) is 1. The van der Waals surface area contributed by atoms with E-state index in [4.69, 9.17) is 5.73 Å². The molecule has 2 aromatic heterocycles. The van der Waals surface area contributed by atoms with Crippen molar-refractivity contribution in [1.82, 2.24) is 30.7 Å². The molecule has 0 aliphatic heterocycles. The Balaban J connectivity index is 1.80. The molecular formula is C14H14N8O4. The summed E-state index contributed by atoms with van der Waals surface area (Å²) in [6, 6.07) is 4.03. The van der Waals surface area contributed by atoms with Crippen LogP contribution in [0.15, 0.2) is 27.9 Å². The third-order valence-electron chi connectivity index (χ3n) is 3.50. The highest BCUT2D eigenvalue weighted by atomic mass is 16.6. The number of aromatic hydroxyl groups is 2. The molecule has 0 fully saturated rings. The average molecular weight is 358 g/mol. The van der Waals surface area contributed by atoms with Crippen molar-refractivity contribution in [2.75, 3.05) is 5.73 Å². The Morgan fingerprint density at radius 1 is 1.35 bits per heavy atom. The number of benzene rings is 1. The van der Waals surface area contributed by atoms with Crippen molar-refractivity contribution >= 4 is 17.4 Å². The average Bonchev–Trinajstić information content (AvgIpc) is 3.17. The van der Waals surface area contributed by atoms with Crippen molar-refractivity contribution < 1.29 is 19.6 Å². The molecule has 0 saturated carbocycles. The van der Waals surface area contributed by atoms with Crippen LogP contribution in [0.1, 0.15) is 28.7 Å². The van der Waals surface area contributed by atoms with Gasteiger partial charge in [-0.15, -0.1) is 5.10 Å². The van der Waals surface area contributed by atoms with Gasteiger partial charge >= 0.3 is 0 Å². The number of aromatic nitrogens is 5. The molecular weight excluding hydrogens is 344 g/mol. The van der Waals surface area contributed by atoms with Gasteiger partial charge in [-0.1, -0.05) is 5.21 Å². The van der Waals surface area contributed by atoms with Crippen LogP contribution < -0.4 is 11.2 Å². The molecule has 0 aliphatic rings. The van der Waals surface area contributed by atoms with E-state index in [-0.39, 0.29) is 28.8 Å². The van der Waals surface area contributed by atoms with Gasteiger partial charge in [0.25, 0.3) is 5.91 Å². The van der Waals surface area contributed by atoms with Crippen molar-refractivity contribution in [2.24, 2.45) is 5.10 Å². The predicted molar refractivity (Wildman–Crippen MR) is 87.8 cm³/mol. The number of rotatable bonds is 4. The molecule has 2 heterocycles. The molecule has 12 heteroatoms. The maximum atomic E-state index is 12.3. The van der Waals surface area contributed by atoms with E-state index >= 15 is 0 Å². The number of anilines is 1. The maximum Gasteiger partial charge on any atom is 0.293 e. The molecule has 3 rings (SSSR count). The Morgan fingerprint density at radius 3 is 2.77 bits per heavy atom. The van der Waals surface area contributed by atoms with Gasteiger partial charge in [0.2, 0.25) is 11.6 Å². The Morgan fingerprint density at radius 2 is 2.12 bits per heavy atom. The van der Waals surface area contributed by atoms with E-state index in [0.29, 0.717) is 17.0 Å². The van der Waals surface area contributed by atoms with Crippen LogP contribution in [0.4, 0.5) is 5.82 Å². The van der Waals surface area contributed by atoms with Gasteiger partial charge in [0.15, 0.2) is 5.69 Å². The van der Waals surface area contributed by atoms with Crippen LogP contribution in [0.2, 0.25) is 0 Å². The van der Waals surface area contributed by atoms with Gasteiger partial charge in [-0.2, -0.15) is 9.78 Å². The zero-order valence-corrected chi connectivity index (χ0v) is 13.7. The molecule has 1 amide bonds. The first-order valence-corrected chi connectivity index (χ1v) is 7.26. The Bertz CT molecular complexity index is 1010. The van der Waals surface area contributed by atoms with Crippen LogP contribution in [0.3, 0.4) is 0 Å². The van der Waals surface area contributed by atoms with Crippen LogP contribution >= 0.6 is 0 Å². The normalized spacial score (nSPS) is 11.5. The topological polar surface area (TPSA) is 178 Å². The highest BCUT2D eigenvalue weighted by Gasteiger charge is 2.20. The number of hydrogen-bond donors (Lipinski definition) is 4. The highest BCUT2D eigenvalue weighted by molar-refractivity contribution is 6.02. The molecule has 0 saturated heterocycles. The van der Waals surface area contributed by atoms with Crippen molar-refractivity contribution in [1.29, 1.82) is 0 Å². The lowest BCUT2D eigenvalue weighted by Gasteiger charge is -2.05. The largest absolute Gasteiger partial charge is 0.508 e. The van der Waals surface area contributed by atoms with Crippen molar-refractivity contribution in [3.05, 3.63) is 35.2 Å². The van der Waals surface area contributed by atoms with Crippen LogP contribution in [-0.2, 0) is 0 Å². The minimum Gasteiger partial charge on any atom is -0.508 e. The standard InChI is InChI=1S/C14H14N8O4/c1-6(9-4-3-8(23)5-10(9)24)16-18-14(25)11-7(2)22(21-17-11)13-12(15)19-26-20-13/h3-5,23-24H,1-2H3,(H2,15,19)(H,18,25)/b16-6-. The molecule has 0 spiro atoms. The number of nitrogens with zero attached hydrogens (tertiary/aromatic N) is 6. The smallest absolute Gasteiger partial charge is 0.293 e. The SMILES string of the molecule is C/C(=N/NC(=O)c1nnn(-c2nonc2N)c1C)c1ccc(O)cc1O. The quantitative estimate of drug-likeness (QED) is 0.372. The maximum absolute atomic E-state index is 12.3. The van der Waals surface area contributed by atoms with Crippen LogP contribution in [0, 0.1) is 6.92 Å². The number of hydrogen-bond acceptors (Lipinski definition) is 10. The highest BCUT2D eigenvalue weighted by Crippen LogP contribution is 2.23. The third kappa shape index (κ3) is 3.02. The lowest BCUT2D eigenvalue weighted by atomic mass is 10.1. The van der Waals surface area contributed by atoms with Crippen molar-refractivity contribution in [2.45, 2.75) is 13.8 Å². The summed E-state index contributed by atoms with van der Waals surface area (Å²) >= 11 is 0. The van der Waals surface area contributed by atoms with E-state index in [1.165, 1.54) is 22.9 Å². The number of phenols is 2. The number of carbonyl (C=O) groups excluding carboxylic acids is 1. The number of hydrazone groups is 1. The summed E-state index contributed by atoms with van der Waals surface area (Å²) in [6.07, 6.45) is 0. The van der Waals surface area contributed by atoms with Crippen LogP contribution in [0.5, 0.6) is 11.5 Å². The number of carbonyl (C=O) groups is 1. The predicted octanol–water partition coefficient (Wildman–Crippen LogP) is 0.106. The van der Waals surface area contributed by atoms with Gasteiger partial charge in [0, 0.05) is 11.6 Å². The molecule has 0 radical (unpaired) electrons. The Kier molecular flexibility index (Phi) is 4.22. The lowest BCUT2D eigenvalue weighted by molar-refractivity contribution is 0.0949. The summed E-state index contributed by atoms with van der Waals surface area (Å²) in [5.74, 6) is -0.764. The fourth-order valence-corrected chi connectivity index (χ4v) is 2.15. The second-order valence-electron chi connectivity index (χ2n) is 5.25. The molecule has 26 heavy (non-hydrogen) atoms. The van der Waals surface area contributed by atoms with E-state index in [1.807, 2.05) is 0 Å². The number of nitrogen functional groups attached to an aromatic ring is 1. The monoisotopic (exact) mass is 358 g/mol. The lowest BCUT2D eigenvalue weighted by Crippen LogP contribution is -2.21. The summed E-state index contributed by atoms with van der Waals surface area (Å²) in [5.41, 5.74) is 8.94. The second-order valence-corrected chi connectivity index (χ2v) is 5.25. The Labute approximate surface area is 145 Å². The number of amides is 1. The number of phenolic OH excluding ortho intramolecular Hbond substituents is 2.